The molecule has 0 spiro atoms. The number of aromatic nitrogens is 2. The molecular weight excluding hydrogens is 473 g/mol. The molecule has 10 heteroatoms. The highest BCUT2D eigenvalue weighted by Gasteiger charge is 2.22. The van der Waals surface area contributed by atoms with Crippen molar-refractivity contribution in [2.45, 2.75) is 13.8 Å². The van der Waals surface area contributed by atoms with Crippen LogP contribution < -0.4 is 15.5 Å². The smallest absolute Gasteiger partial charge is 0.326 e. The number of anilines is 2. The lowest BCUT2D eigenvalue weighted by atomic mass is 10.2. The van der Waals surface area contributed by atoms with E-state index < -0.39 is 6.03 Å². The molecule has 0 saturated carbocycles. The molecule has 3 aromatic rings. The van der Waals surface area contributed by atoms with Gasteiger partial charge in [-0.1, -0.05) is 29.3 Å². The van der Waals surface area contributed by atoms with Gasteiger partial charge in [-0.3, -0.25) is 5.32 Å². The number of carbonyl (C=O) groups is 1. The molecule has 1 fully saturated rings. The SMILES string of the molecule is Cc1cc(C)nc(/N=C(\NC(=O)Nc2cccc(Cl)c2)N2CCN(c3ccc(Cl)cc3)CC2)n1. The number of carbonyl (C=O) groups excluding carboxylic acids is 1. The van der Waals surface area contributed by atoms with Crippen molar-refractivity contribution in [2.24, 2.45) is 4.99 Å². The first kappa shape index (κ1) is 23.8. The van der Waals surface area contributed by atoms with Crippen LogP contribution in [0.15, 0.2) is 59.6 Å². The molecule has 1 aromatic heterocycles. The first-order chi connectivity index (χ1) is 16.4. The van der Waals surface area contributed by atoms with Crippen molar-refractivity contribution in [1.82, 2.24) is 20.2 Å². The normalized spacial score (nSPS) is 14.2. The highest BCUT2D eigenvalue weighted by atomic mass is 35.5. The van der Waals surface area contributed by atoms with E-state index in [1.165, 1.54) is 0 Å². The summed E-state index contributed by atoms with van der Waals surface area (Å²) in [6.45, 7) is 6.60. The third-order valence-electron chi connectivity index (χ3n) is 5.26. The van der Waals surface area contributed by atoms with E-state index >= 15 is 0 Å². The predicted octanol–water partition coefficient (Wildman–Crippen LogP) is 5.03. The summed E-state index contributed by atoms with van der Waals surface area (Å²) in [7, 11) is 0. The second-order valence-corrected chi connectivity index (χ2v) is 8.80. The average Bonchev–Trinajstić information content (AvgIpc) is 2.79. The van der Waals surface area contributed by atoms with E-state index in [-0.39, 0.29) is 0 Å². The van der Waals surface area contributed by atoms with Gasteiger partial charge < -0.3 is 15.1 Å². The van der Waals surface area contributed by atoms with Crippen LogP contribution >= 0.6 is 23.2 Å². The number of rotatable bonds is 3. The van der Waals surface area contributed by atoms with Crippen LogP contribution in [0.1, 0.15) is 11.4 Å². The zero-order chi connectivity index (χ0) is 24.1. The number of benzene rings is 2. The summed E-state index contributed by atoms with van der Waals surface area (Å²) in [6, 6.07) is 16.2. The number of nitrogens with zero attached hydrogens (tertiary/aromatic N) is 5. The number of hydrogen-bond acceptors (Lipinski definition) is 5. The molecule has 0 atom stereocenters. The Kier molecular flexibility index (Phi) is 7.49. The number of hydrogen-bond donors (Lipinski definition) is 2. The van der Waals surface area contributed by atoms with Gasteiger partial charge in [-0.2, -0.15) is 4.99 Å². The van der Waals surface area contributed by atoms with Crippen LogP contribution in [0.5, 0.6) is 0 Å². The fourth-order valence-electron chi connectivity index (χ4n) is 3.69. The highest BCUT2D eigenvalue weighted by Crippen LogP contribution is 2.20. The Morgan fingerprint density at radius 2 is 1.59 bits per heavy atom. The summed E-state index contributed by atoms with van der Waals surface area (Å²) in [6.07, 6.45) is 0. The first-order valence-corrected chi connectivity index (χ1v) is 11.6. The zero-order valence-electron chi connectivity index (χ0n) is 18.9. The molecule has 4 rings (SSSR count). The van der Waals surface area contributed by atoms with Crippen LogP contribution in [0.25, 0.3) is 0 Å². The second-order valence-electron chi connectivity index (χ2n) is 7.93. The maximum Gasteiger partial charge on any atom is 0.326 e. The molecular formula is C24H25Cl2N7O. The van der Waals surface area contributed by atoms with E-state index in [0.29, 0.717) is 40.7 Å². The summed E-state index contributed by atoms with van der Waals surface area (Å²) in [5.74, 6) is 0.691. The molecule has 8 nitrogen and oxygen atoms in total. The van der Waals surface area contributed by atoms with Crippen molar-refractivity contribution < 1.29 is 4.79 Å². The molecule has 0 aliphatic carbocycles. The minimum atomic E-state index is -0.425. The predicted molar refractivity (Wildman–Crippen MR) is 137 cm³/mol. The van der Waals surface area contributed by atoms with Crippen LogP contribution in [0.4, 0.5) is 22.1 Å². The van der Waals surface area contributed by atoms with Gasteiger partial charge in [-0.15, -0.1) is 0 Å². The van der Waals surface area contributed by atoms with Crippen LogP contribution in [-0.2, 0) is 0 Å². The number of aliphatic imine (C=N–C) groups is 1. The Morgan fingerprint density at radius 1 is 0.912 bits per heavy atom. The second kappa shape index (κ2) is 10.7. The molecule has 0 bridgehead atoms. The molecule has 2 heterocycles. The Morgan fingerprint density at radius 3 is 2.24 bits per heavy atom. The van der Waals surface area contributed by atoms with Gasteiger partial charge in [0.2, 0.25) is 5.96 Å². The van der Waals surface area contributed by atoms with Crippen LogP contribution in [0, 0.1) is 13.8 Å². The van der Waals surface area contributed by atoms with E-state index in [1.807, 2.05) is 49.1 Å². The summed E-state index contributed by atoms with van der Waals surface area (Å²) < 4.78 is 0. The maximum atomic E-state index is 12.8. The summed E-state index contributed by atoms with van der Waals surface area (Å²) >= 11 is 12.1. The Labute approximate surface area is 208 Å². The number of aryl methyl sites for hydroxylation is 2. The van der Waals surface area contributed by atoms with E-state index in [1.54, 1.807) is 24.3 Å². The van der Waals surface area contributed by atoms with E-state index in [9.17, 15) is 4.79 Å². The van der Waals surface area contributed by atoms with E-state index in [0.717, 1.165) is 30.2 Å². The highest BCUT2D eigenvalue weighted by molar-refractivity contribution is 6.31. The lowest BCUT2D eigenvalue weighted by molar-refractivity contribution is 0.254. The van der Waals surface area contributed by atoms with Crippen molar-refractivity contribution in [3.63, 3.8) is 0 Å². The molecule has 0 radical (unpaired) electrons. The third-order valence-corrected chi connectivity index (χ3v) is 5.74. The van der Waals surface area contributed by atoms with E-state index in [4.69, 9.17) is 23.2 Å². The van der Waals surface area contributed by atoms with Crippen LogP contribution in [-0.4, -0.2) is 53.0 Å². The van der Waals surface area contributed by atoms with Crippen molar-refractivity contribution in [3.05, 3.63) is 76.0 Å². The van der Waals surface area contributed by atoms with Gasteiger partial charge in [0.15, 0.2) is 0 Å². The first-order valence-electron chi connectivity index (χ1n) is 10.9. The van der Waals surface area contributed by atoms with Gasteiger partial charge in [0, 0.05) is 59.0 Å². The topological polar surface area (TPSA) is 85.7 Å². The Bertz CT molecular complexity index is 1170. The number of amides is 2. The monoisotopic (exact) mass is 497 g/mol. The van der Waals surface area contributed by atoms with Crippen LogP contribution in [0.3, 0.4) is 0 Å². The molecule has 176 valence electrons. The molecule has 2 amide bonds. The number of halogens is 2. The molecule has 1 aliphatic heterocycles. The zero-order valence-corrected chi connectivity index (χ0v) is 20.4. The van der Waals surface area contributed by atoms with E-state index in [2.05, 4.69) is 30.5 Å². The largest absolute Gasteiger partial charge is 0.368 e. The van der Waals surface area contributed by atoms with Gasteiger partial charge in [0.1, 0.15) is 0 Å². The van der Waals surface area contributed by atoms with Crippen molar-refractivity contribution in [3.8, 4) is 0 Å². The summed E-state index contributed by atoms with van der Waals surface area (Å²) in [5.41, 5.74) is 3.30. The molecule has 1 saturated heterocycles. The lowest BCUT2D eigenvalue weighted by Crippen LogP contribution is -2.54. The Balaban J connectivity index is 1.52. The summed E-state index contributed by atoms with van der Waals surface area (Å²) in [4.78, 5) is 30.5. The van der Waals surface area contributed by atoms with Crippen molar-refractivity contribution in [2.75, 3.05) is 36.4 Å². The van der Waals surface area contributed by atoms with Crippen molar-refractivity contribution >= 4 is 52.5 Å². The molecule has 1 aliphatic rings. The Hall–Kier alpha value is -3.36. The molecule has 34 heavy (non-hydrogen) atoms. The number of guanidine groups is 1. The quantitative estimate of drug-likeness (QED) is 0.391. The fourth-order valence-corrected chi connectivity index (χ4v) is 4.00. The molecule has 0 unspecified atom stereocenters. The summed E-state index contributed by atoms with van der Waals surface area (Å²) in [5, 5.41) is 6.91. The minimum absolute atomic E-state index is 0.302. The number of urea groups is 1. The van der Waals surface area contributed by atoms with Gasteiger partial charge >= 0.3 is 6.03 Å². The number of nitrogens with one attached hydrogen (secondary N) is 2. The lowest BCUT2D eigenvalue weighted by Gasteiger charge is -2.37. The maximum absolute atomic E-state index is 12.8. The minimum Gasteiger partial charge on any atom is -0.368 e. The van der Waals surface area contributed by atoms with Gasteiger partial charge in [-0.25, -0.2) is 14.8 Å². The molecule has 2 aromatic carbocycles. The molecule has 2 N–H and O–H groups in total. The van der Waals surface area contributed by atoms with Gasteiger partial charge in [0.05, 0.1) is 0 Å². The fraction of sp³-hybridized carbons (Fsp3) is 0.250. The van der Waals surface area contributed by atoms with Gasteiger partial charge in [0.25, 0.3) is 5.95 Å². The van der Waals surface area contributed by atoms with Crippen LogP contribution in [0.2, 0.25) is 10.0 Å². The van der Waals surface area contributed by atoms with Gasteiger partial charge in [-0.05, 0) is 62.4 Å². The standard InChI is InChI=1S/C24H25Cl2N7O/c1-16-14-17(2)28-22(27-16)30-23(31-24(34)29-20-5-3-4-19(26)15-20)33-12-10-32(11-13-33)21-8-6-18(25)7-9-21/h3-9,14-15H,10-13H2,1-2H3,(H2,27,28,29,30,31,34). The van der Waals surface area contributed by atoms with Crippen molar-refractivity contribution in [1.29, 1.82) is 0 Å². The third kappa shape index (κ3) is 6.36. The number of piperazine rings is 1. The average molecular weight is 498 g/mol.